The van der Waals surface area contributed by atoms with Crippen molar-refractivity contribution in [1.29, 1.82) is 0 Å². The summed E-state index contributed by atoms with van der Waals surface area (Å²) in [7, 11) is 0. The average molecular weight is 295 g/mol. The summed E-state index contributed by atoms with van der Waals surface area (Å²) in [5.41, 5.74) is 0. The smallest absolute Gasteiger partial charge is 0.241 e. The van der Waals surface area contributed by atoms with Crippen LogP contribution in [-0.2, 0) is 4.79 Å². The summed E-state index contributed by atoms with van der Waals surface area (Å²) in [4.78, 5) is 17.4. The van der Waals surface area contributed by atoms with E-state index in [0.717, 1.165) is 38.8 Å². The molecule has 0 saturated carbocycles. The third kappa shape index (κ3) is 3.98. The standard InChI is InChI=1S/C17H33N3O/c1-5-9-19-10-7-14(8-11-19)20-16(12-13(3)4)18-15(6-2)17(20)21/h13-16,18H,5-12H2,1-4H3. The Bertz CT molecular complexity index is 337. The Kier molecular flexibility index (Phi) is 6.06. The molecule has 0 radical (unpaired) electrons. The molecule has 0 aliphatic carbocycles. The van der Waals surface area contributed by atoms with Gasteiger partial charge in [-0.3, -0.25) is 10.1 Å². The summed E-state index contributed by atoms with van der Waals surface area (Å²) in [5, 5.41) is 3.57. The highest BCUT2D eigenvalue weighted by Crippen LogP contribution is 2.26. The molecule has 0 aromatic rings. The summed E-state index contributed by atoms with van der Waals surface area (Å²) < 4.78 is 0. The first-order valence-electron chi connectivity index (χ1n) is 8.87. The number of amides is 1. The molecular formula is C17H33N3O. The third-order valence-corrected chi connectivity index (χ3v) is 4.88. The normalized spacial score (nSPS) is 28.8. The molecule has 2 aliphatic heterocycles. The zero-order valence-electron chi connectivity index (χ0n) is 14.3. The van der Waals surface area contributed by atoms with Crippen LogP contribution in [0.25, 0.3) is 0 Å². The number of likely N-dealkylation sites (tertiary alicyclic amines) is 1. The second-order valence-electron chi connectivity index (χ2n) is 7.09. The van der Waals surface area contributed by atoms with Crippen LogP contribution < -0.4 is 5.32 Å². The number of hydrogen-bond donors (Lipinski definition) is 1. The van der Waals surface area contributed by atoms with E-state index in [9.17, 15) is 4.79 Å². The molecule has 2 saturated heterocycles. The predicted octanol–water partition coefficient (Wildman–Crippen LogP) is 2.44. The fourth-order valence-electron chi connectivity index (χ4n) is 3.81. The van der Waals surface area contributed by atoms with Crippen LogP contribution >= 0.6 is 0 Å². The van der Waals surface area contributed by atoms with E-state index in [1.54, 1.807) is 0 Å². The number of rotatable bonds is 6. The number of piperidine rings is 1. The fraction of sp³-hybridized carbons (Fsp3) is 0.941. The van der Waals surface area contributed by atoms with Crippen molar-refractivity contribution in [3.05, 3.63) is 0 Å². The highest BCUT2D eigenvalue weighted by atomic mass is 16.2. The van der Waals surface area contributed by atoms with Gasteiger partial charge in [0.1, 0.15) is 0 Å². The highest BCUT2D eigenvalue weighted by Gasteiger charge is 2.42. The minimum atomic E-state index is 0.0439. The van der Waals surface area contributed by atoms with Crippen molar-refractivity contribution in [2.24, 2.45) is 5.92 Å². The molecule has 4 heteroatoms. The largest absolute Gasteiger partial charge is 0.323 e. The Morgan fingerprint density at radius 3 is 2.43 bits per heavy atom. The van der Waals surface area contributed by atoms with Crippen LogP contribution in [0.1, 0.15) is 59.8 Å². The van der Waals surface area contributed by atoms with Gasteiger partial charge in [0.15, 0.2) is 0 Å². The van der Waals surface area contributed by atoms with Crippen molar-refractivity contribution in [1.82, 2.24) is 15.1 Å². The zero-order chi connectivity index (χ0) is 15.4. The number of carbonyl (C=O) groups excluding carboxylic acids is 1. The molecule has 2 heterocycles. The average Bonchev–Trinajstić information content (AvgIpc) is 2.75. The Balaban J connectivity index is 1.99. The second kappa shape index (κ2) is 7.59. The van der Waals surface area contributed by atoms with Crippen LogP contribution in [0.3, 0.4) is 0 Å². The van der Waals surface area contributed by atoms with Crippen molar-refractivity contribution in [2.45, 2.75) is 78.0 Å². The molecule has 2 fully saturated rings. The molecule has 0 aromatic heterocycles. The van der Waals surface area contributed by atoms with Crippen molar-refractivity contribution in [3.63, 3.8) is 0 Å². The van der Waals surface area contributed by atoms with Gasteiger partial charge in [0.2, 0.25) is 5.91 Å². The SMILES string of the molecule is CCCN1CCC(N2C(=O)C(CC)NC2CC(C)C)CC1. The molecule has 1 N–H and O–H groups in total. The van der Waals surface area contributed by atoms with E-state index in [2.05, 4.69) is 42.8 Å². The van der Waals surface area contributed by atoms with Crippen molar-refractivity contribution in [2.75, 3.05) is 19.6 Å². The van der Waals surface area contributed by atoms with Gasteiger partial charge in [-0.15, -0.1) is 0 Å². The molecule has 0 aromatic carbocycles. The maximum Gasteiger partial charge on any atom is 0.241 e. The summed E-state index contributed by atoms with van der Waals surface area (Å²) in [6, 6.07) is 0.487. The number of carbonyl (C=O) groups is 1. The Hall–Kier alpha value is -0.610. The number of hydrogen-bond acceptors (Lipinski definition) is 3. The molecule has 122 valence electrons. The van der Waals surface area contributed by atoms with Crippen molar-refractivity contribution >= 4 is 5.91 Å². The molecule has 2 unspecified atom stereocenters. The molecule has 21 heavy (non-hydrogen) atoms. The molecule has 4 nitrogen and oxygen atoms in total. The van der Waals surface area contributed by atoms with E-state index in [1.165, 1.54) is 13.0 Å². The van der Waals surface area contributed by atoms with Crippen LogP contribution in [0.5, 0.6) is 0 Å². The van der Waals surface area contributed by atoms with Gasteiger partial charge in [-0.25, -0.2) is 0 Å². The molecule has 1 amide bonds. The molecule has 2 atom stereocenters. The summed E-state index contributed by atoms with van der Waals surface area (Å²) >= 11 is 0. The van der Waals surface area contributed by atoms with Crippen LogP contribution in [0.4, 0.5) is 0 Å². The minimum absolute atomic E-state index is 0.0439. The van der Waals surface area contributed by atoms with Crippen LogP contribution in [0.15, 0.2) is 0 Å². The Morgan fingerprint density at radius 1 is 1.24 bits per heavy atom. The molecule has 0 spiro atoms. The van der Waals surface area contributed by atoms with E-state index in [-0.39, 0.29) is 12.2 Å². The second-order valence-corrected chi connectivity index (χ2v) is 7.09. The van der Waals surface area contributed by atoms with E-state index in [1.807, 2.05) is 0 Å². The Morgan fingerprint density at radius 2 is 1.90 bits per heavy atom. The van der Waals surface area contributed by atoms with E-state index < -0.39 is 0 Å². The highest BCUT2D eigenvalue weighted by molar-refractivity contribution is 5.84. The lowest BCUT2D eigenvalue weighted by molar-refractivity contribution is -0.133. The van der Waals surface area contributed by atoms with E-state index in [4.69, 9.17) is 0 Å². The maximum absolute atomic E-state index is 12.7. The first kappa shape index (κ1) is 16.8. The lowest BCUT2D eigenvalue weighted by Gasteiger charge is -2.39. The van der Waals surface area contributed by atoms with Crippen molar-refractivity contribution in [3.8, 4) is 0 Å². The van der Waals surface area contributed by atoms with Crippen molar-refractivity contribution < 1.29 is 4.79 Å². The fourth-order valence-corrected chi connectivity index (χ4v) is 3.81. The van der Waals surface area contributed by atoms with Crippen LogP contribution in [-0.4, -0.2) is 53.6 Å². The lowest BCUT2D eigenvalue weighted by atomic mass is 10.0. The summed E-state index contributed by atoms with van der Waals surface area (Å²) in [6.07, 6.45) is 5.72. The molecule has 2 aliphatic rings. The quantitative estimate of drug-likeness (QED) is 0.817. The van der Waals surface area contributed by atoms with Gasteiger partial charge >= 0.3 is 0 Å². The van der Waals surface area contributed by atoms with Gasteiger partial charge in [-0.1, -0.05) is 27.7 Å². The van der Waals surface area contributed by atoms with E-state index in [0.29, 0.717) is 17.9 Å². The van der Waals surface area contributed by atoms with Crippen LogP contribution in [0.2, 0.25) is 0 Å². The molecule has 2 rings (SSSR count). The first-order chi connectivity index (χ1) is 10.1. The number of nitrogens with zero attached hydrogens (tertiary/aromatic N) is 2. The van der Waals surface area contributed by atoms with E-state index >= 15 is 0 Å². The maximum atomic E-state index is 12.7. The van der Waals surface area contributed by atoms with Gasteiger partial charge in [-0.2, -0.15) is 0 Å². The van der Waals surface area contributed by atoms with Gasteiger partial charge in [0.25, 0.3) is 0 Å². The topological polar surface area (TPSA) is 35.6 Å². The molecular weight excluding hydrogens is 262 g/mol. The summed E-state index contributed by atoms with van der Waals surface area (Å²) in [6.45, 7) is 12.3. The summed E-state index contributed by atoms with van der Waals surface area (Å²) in [5.74, 6) is 0.964. The van der Waals surface area contributed by atoms with Gasteiger partial charge in [-0.05, 0) is 44.6 Å². The van der Waals surface area contributed by atoms with Crippen LogP contribution in [0, 0.1) is 5.92 Å². The van der Waals surface area contributed by atoms with Gasteiger partial charge < -0.3 is 9.80 Å². The third-order valence-electron chi connectivity index (χ3n) is 4.88. The lowest BCUT2D eigenvalue weighted by Crippen LogP contribution is -2.50. The molecule has 0 bridgehead atoms. The predicted molar refractivity (Wildman–Crippen MR) is 87.1 cm³/mol. The Labute approximate surface area is 130 Å². The minimum Gasteiger partial charge on any atom is -0.323 e. The van der Waals surface area contributed by atoms with Gasteiger partial charge in [0, 0.05) is 19.1 Å². The first-order valence-corrected chi connectivity index (χ1v) is 8.87. The van der Waals surface area contributed by atoms with Gasteiger partial charge in [0.05, 0.1) is 12.2 Å². The monoisotopic (exact) mass is 295 g/mol. The zero-order valence-corrected chi connectivity index (χ0v) is 14.3. The number of nitrogens with one attached hydrogen (secondary N) is 1.